The molecule has 1 unspecified atom stereocenters. The summed E-state index contributed by atoms with van der Waals surface area (Å²) in [4.78, 5) is 5.84. The maximum absolute atomic E-state index is 5.48. The fraction of sp³-hybridized carbons (Fsp3) is 0.692. The fourth-order valence-electron chi connectivity index (χ4n) is 2.93. The minimum Gasteiger partial charge on any atom is -0.379 e. The van der Waals surface area contributed by atoms with Crippen molar-refractivity contribution in [1.29, 1.82) is 0 Å². The molecular formula is C13H21N3O. The molecule has 0 radical (unpaired) electrons. The molecule has 4 nitrogen and oxygen atoms in total. The van der Waals surface area contributed by atoms with Gasteiger partial charge in [-0.2, -0.15) is 0 Å². The van der Waals surface area contributed by atoms with Crippen LogP contribution in [0, 0.1) is 0 Å². The van der Waals surface area contributed by atoms with E-state index in [0.29, 0.717) is 6.04 Å². The number of aromatic nitrogens is 1. The molecule has 2 aliphatic heterocycles. The third kappa shape index (κ3) is 2.01. The first-order valence-corrected chi connectivity index (χ1v) is 6.43. The Morgan fingerprint density at radius 2 is 2.41 bits per heavy atom. The molecule has 1 aromatic heterocycles. The monoisotopic (exact) mass is 235 g/mol. The SMILES string of the molecule is CN1CCNCC1CC1(c2ccc[nH]2)COC1. The lowest BCUT2D eigenvalue weighted by Gasteiger charge is -2.46. The number of piperazine rings is 1. The Hall–Kier alpha value is -0.840. The Morgan fingerprint density at radius 3 is 3.00 bits per heavy atom. The van der Waals surface area contributed by atoms with Gasteiger partial charge in [-0.1, -0.05) is 0 Å². The third-order valence-corrected chi connectivity index (χ3v) is 4.20. The summed E-state index contributed by atoms with van der Waals surface area (Å²) in [6, 6.07) is 4.90. The van der Waals surface area contributed by atoms with E-state index in [-0.39, 0.29) is 5.41 Å². The summed E-state index contributed by atoms with van der Waals surface area (Å²) < 4.78 is 5.48. The lowest BCUT2D eigenvalue weighted by Crippen LogP contribution is -2.56. The van der Waals surface area contributed by atoms with E-state index in [4.69, 9.17) is 4.74 Å². The third-order valence-electron chi connectivity index (χ3n) is 4.20. The molecule has 0 bridgehead atoms. The Labute approximate surface area is 102 Å². The van der Waals surface area contributed by atoms with Crippen LogP contribution in [0.25, 0.3) is 0 Å². The standard InChI is InChI=1S/C13H21N3O/c1-16-6-5-14-8-11(16)7-13(9-17-10-13)12-3-2-4-15-12/h2-4,11,14-15H,5-10H2,1H3. The van der Waals surface area contributed by atoms with Crippen LogP contribution in [0.5, 0.6) is 0 Å². The minimum absolute atomic E-state index is 0.224. The Bertz CT molecular complexity index is 359. The highest BCUT2D eigenvalue weighted by Gasteiger charge is 2.43. The highest BCUT2D eigenvalue weighted by atomic mass is 16.5. The van der Waals surface area contributed by atoms with E-state index in [2.05, 4.69) is 34.4 Å². The highest BCUT2D eigenvalue weighted by molar-refractivity contribution is 5.21. The van der Waals surface area contributed by atoms with Crippen molar-refractivity contribution in [1.82, 2.24) is 15.2 Å². The molecule has 3 heterocycles. The maximum Gasteiger partial charge on any atom is 0.0600 e. The predicted octanol–water partition coefficient (Wildman–Crippen LogP) is 0.576. The van der Waals surface area contributed by atoms with Gasteiger partial charge < -0.3 is 19.9 Å². The van der Waals surface area contributed by atoms with Crippen LogP contribution in [-0.4, -0.2) is 55.8 Å². The van der Waals surface area contributed by atoms with Crippen LogP contribution in [0.4, 0.5) is 0 Å². The van der Waals surface area contributed by atoms with Gasteiger partial charge >= 0.3 is 0 Å². The molecule has 2 saturated heterocycles. The van der Waals surface area contributed by atoms with Gasteiger partial charge in [0.15, 0.2) is 0 Å². The fourth-order valence-corrected chi connectivity index (χ4v) is 2.93. The molecule has 94 valence electrons. The molecule has 3 rings (SSSR count). The van der Waals surface area contributed by atoms with Gasteiger partial charge in [0.25, 0.3) is 0 Å². The Kier molecular flexibility index (Phi) is 2.94. The molecule has 0 amide bonds. The zero-order chi connectivity index (χ0) is 11.7. The number of ether oxygens (including phenoxy) is 1. The summed E-state index contributed by atoms with van der Waals surface area (Å²) in [6.45, 7) is 5.07. The normalized spacial score (nSPS) is 28.9. The van der Waals surface area contributed by atoms with Crippen LogP contribution >= 0.6 is 0 Å². The van der Waals surface area contributed by atoms with Crippen molar-refractivity contribution in [2.45, 2.75) is 17.9 Å². The molecular weight excluding hydrogens is 214 g/mol. The van der Waals surface area contributed by atoms with Crippen molar-refractivity contribution >= 4 is 0 Å². The van der Waals surface area contributed by atoms with E-state index >= 15 is 0 Å². The number of hydrogen-bond donors (Lipinski definition) is 2. The van der Waals surface area contributed by atoms with E-state index in [1.54, 1.807) is 0 Å². The molecule has 2 aliphatic rings. The Balaban J connectivity index is 1.73. The summed E-state index contributed by atoms with van der Waals surface area (Å²) in [6.07, 6.45) is 3.19. The van der Waals surface area contributed by atoms with Gasteiger partial charge in [0, 0.05) is 37.6 Å². The van der Waals surface area contributed by atoms with Crippen molar-refractivity contribution in [3.05, 3.63) is 24.0 Å². The van der Waals surface area contributed by atoms with Gasteiger partial charge in [-0.3, -0.25) is 0 Å². The maximum atomic E-state index is 5.48. The number of H-pyrrole nitrogens is 1. The first-order chi connectivity index (χ1) is 8.30. The molecule has 0 saturated carbocycles. The number of nitrogens with one attached hydrogen (secondary N) is 2. The molecule has 2 N–H and O–H groups in total. The summed E-state index contributed by atoms with van der Waals surface area (Å²) in [5, 5.41) is 3.49. The molecule has 1 atom stereocenters. The average Bonchev–Trinajstić information content (AvgIpc) is 2.79. The number of likely N-dealkylation sites (N-methyl/N-ethyl adjacent to an activating group) is 1. The minimum atomic E-state index is 0.224. The van der Waals surface area contributed by atoms with Crippen molar-refractivity contribution in [2.24, 2.45) is 0 Å². The van der Waals surface area contributed by atoms with Crippen LogP contribution in [0.15, 0.2) is 18.3 Å². The molecule has 0 aromatic carbocycles. The van der Waals surface area contributed by atoms with Crippen molar-refractivity contribution < 1.29 is 4.74 Å². The first-order valence-electron chi connectivity index (χ1n) is 6.43. The molecule has 0 spiro atoms. The molecule has 1 aromatic rings. The van der Waals surface area contributed by atoms with Gasteiger partial charge in [-0.05, 0) is 25.6 Å². The zero-order valence-electron chi connectivity index (χ0n) is 10.4. The molecule has 17 heavy (non-hydrogen) atoms. The van der Waals surface area contributed by atoms with Gasteiger partial charge in [0.2, 0.25) is 0 Å². The van der Waals surface area contributed by atoms with Crippen LogP contribution in [0.2, 0.25) is 0 Å². The summed E-state index contributed by atoms with van der Waals surface area (Å²) >= 11 is 0. The van der Waals surface area contributed by atoms with Crippen molar-refractivity contribution in [3.63, 3.8) is 0 Å². The second-order valence-electron chi connectivity index (χ2n) is 5.40. The lowest BCUT2D eigenvalue weighted by atomic mass is 9.76. The van der Waals surface area contributed by atoms with Gasteiger partial charge in [0.05, 0.1) is 18.6 Å². The van der Waals surface area contributed by atoms with Crippen molar-refractivity contribution in [2.75, 3.05) is 39.9 Å². The van der Waals surface area contributed by atoms with E-state index in [1.807, 2.05) is 6.20 Å². The van der Waals surface area contributed by atoms with Crippen LogP contribution in [0.3, 0.4) is 0 Å². The first kappa shape index (κ1) is 11.3. The highest BCUT2D eigenvalue weighted by Crippen LogP contribution is 2.36. The van der Waals surface area contributed by atoms with Crippen LogP contribution in [-0.2, 0) is 10.2 Å². The van der Waals surface area contributed by atoms with Gasteiger partial charge in [-0.25, -0.2) is 0 Å². The van der Waals surface area contributed by atoms with Gasteiger partial charge in [0.1, 0.15) is 0 Å². The summed E-state index contributed by atoms with van der Waals surface area (Å²) in [5.41, 5.74) is 1.56. The molecule has 0 aliphatic carbocycles. The second kappa shape index (κ2) is 4.44. The summed E-state index contributed by atoms with van der Waals surface area (Å²) in [7, 11) is 2.23. The number of rotatable bonds is 3. The van der Waals surface area contributed by atoms with E-state index in [9.17, 15) is 0 Å². The smallest absolute Gasteiger partial charge is 0.0600 e. The topological polar surface area (TPSA) is 40.3 Å². The van der Waals surface area contributed by atoms with Crippen LogP contribution in [0.1, 0.15) is 12.1 Å². The van der Waals surface area contributed by atoms with E-state index in [0.717, 1.165) is 32.8 Å². The predicted molar refractivity (Wildman–Crippen MR) is 67.2 cm³/mol. The zero-order valence-corrected chi connectivity index (χ0v) is 10.4. The van der Waals surface area contributed by atoms with E-state index < -0.39 is 0 Å². The summed E-state index contributed by atoms with van der Waals surface area (Å²) in [5.74, 6) is 0. The lowest BCUT2D eigenvalue weighted by molar-refractivity contribution is -0.0772. The Morgan fingerprint density at radius 1 is 1.53 bits per heavy atom. The molecule has 2 fully saturated rings. The van der Waals surface area contributed by atoms with Gasteiger partial charge in [-0.15, -0.1) is 0 Å². The van der Waals surface area contributed by atoms with Crippen LogP contribution < -0.4 is 5.32 Å². The van der Waals surface area contributed by atoms with Crippen molar-refractivity contribution in [3.8, 4) is 0 Å². The quantitative estimate of drug-likeness (QED) is 0.805. The van der Waals surface area contributed by atoms with E-state index in [1.165, 1.54) is 12.1 Å². The number of aromatic amines is 1. The number of nitrogens with zero attached hydrogens (tertiary/aromatic N) is 1. The number of hydrogen-bond acceptors (Lipinski definition) is 3. The average molecular weight is 235 g/mol. The largest absolute Gasteiger partial charge is 0.379 e. The molecule has 4 heteroatoms. The second-order valence-corrected chi connectivity index (χ2v) is 5.40.